The summed E-state index contributed by atoms with van der Waals surface area (Å²) in [6, 6.07) is 17.7. The molecule has 0 aliphatic carbocycles. The number of amides is 1. The lowest BCUT2D eigenvalue weighted by Crippen LogP contribution is -2.26. The minimum atomic E-state index is -0.400. The minimum Gasteiger partial charge on any atom is -0.508 e. The van der Waals surface area contributed by atoms with Gasteiger partial charge in [-0.25, -0.2) is 5.01 Å². The van der Waals surface area contributed by atoms with Gasteiger partial charge in [0.25, 0.3) is 0 Å². The molecule has 1 aliphatic rings. The first-order valence-electron chi connectivity index (χ1n) is 8.12. The maximum Gasteiger partial charge on any atom is 0.310 e. The van der Waals surface area contributed by atoms with Crippen LogP contribution in [0.2, 0.25) is 0 Å². The largest absolute Gasteiger partial charge is 0.508 e. The van der Waals surface area contributed by atoms with Gasteiger partial charge in [0, 0.05) is 16.5 Å². The van der Waals surface area contributed by atoms with E-state index in [2.05, 4.69) is 21.0 Å². The van der Waals surface area contributed by atoms with E-state index in [0.29, 0.717) is 12.0 Å². The molecule has 5 nitrogen and oxygen atoms in total. The molecule has 2 heterocycles. The van der Waals surface area contributed by atoms with Gasteiger partial charge in [-0.15, -0.1) is 0 Å². The van der Waals surface area contributed by atoms with E-state index in [9.17, 15) is 9.90 Å². The molecule has 6 heteroatoms. The summed E-state index contributed by atoms with van der Waals surface area (Å²) in [7, 11) is 0. The highest BCUT2D eigenvalue weighted by Crippen LogP contribution is 2.38. The predicted octanol–water partition coefficient (Wildman–Crippen LogP) is 4.74. The zero-order chi connectivity index (χ0) is 18.1. The van der Waals surface area contributed by atoms with Crippen LogP contribution < -0.4 is 0 Å². The highest BCUT2D eigenvalue weighted by atomic mass is 79.9. The second kappa shape index (κ2) is 6.80. The molecule has 2 aromatic carbocycles. The van der Waals surface area contributed by atoms with Crippen LogP contribution in [-0.2, 0) is 0 Å². The lowest BCUT2D eigenvalue weighted by molar-refractivity contribution is 0.0677. The predicted molar refractivity (Wildman–Crippen MR) is 101 cm³/mol. The number of carbonyl (C=O) groups excluding carboxylic acids is 1. The number of phenolic OH excluding ortho intramolecular Hbond substituents is 1. The maximum absolute atomic E-state index is 12.9. The Morgan fingerprint density at radius 3 is 2.73 bits per heavy atom. The number of phenols is 1. The van der Waals surface area contributed by atoms with Gasteiger partial charge in [-0.05, 0) is 35.9 Å². The number of para-hydroxylation sites is 1. The number of benzene rings is 2. The third kappa shape index (κ3) is 3.04. The molecule has 0 saturated carbocycles. The first kappa shape index (κ1) is 16.6. The van der Waals surface area contributed by atoms with E-state index in [0.717, 1.165) is 15.7 Å². The lowest BCUT2D eigenvalue weighted by Gasteiger charge is -2.21. The number of aromatic hydroxyl groups is 1. The molecule has 4 rings (SSSR count). The number of hydrogen-bond acceptors (Lipinski definition) is 4. The second-order valence-corrected chi connectivity index (χ2v) is 6.88. The van der Waals surface area contributed by atoms with E-state index in [1.165, 1.54) is 11.3 Å². The van der Waals surface area contributed by atoms with Crippen molar-refractivity contribution in [1.29, 1.82) is 0 Å². The molecular formula is C20H15BrN2O3. The van der Waals surface area contributed by atoms with Crippen LogP contribution in [0.1, 0.15) is 34.1 Å². The number of rotatable bonds is 3. The van der Waals surface area contributed by atoms with Crippen LogP contribution in [0.4, 0.5) is 0 Å². The Balaban J connectivity index is 1.76. The molecule has 0 spiro atoms. The molecule has 26 heavy (non-hydrogen) atoms. The highest BCUT2D eigenvalue weighted by Gasteiger charge is 2.35. The fourth-order valence-corrected chi connectivity index (χ4v) is 3.46. The van der Waals surface area contributed by atoms with E-state index in [-0.39, 0.29) is 17.4 Å². The Hall–Kier alpha value is -2.86. The van der Waals surface area contributed by atoms with Crippen molar-refractivity contribution < 1.29 is 14.3 Å². The van der Waals surface area contributed by atoms with Crippen molar-refractivity contribution in [2.45, 2.75) is 12.5 Å². The third-order valence-electron chi connectivity index (χ3n) is 4.30. The molecule has 1 amide bonds. The van der Waals surface area contributed by atoms with Crippen molar-refractivity contribution >= 4 is 27.5 Å². The van der Waals surface area contributed by atoms with Crippen molar-refractivity contribution in [3.05, 3.63) is 88.3 Å². The minimum absolute atomic E-state index is 0.139. The van der Waals surface area contributed by atoms with Crippen LogP contribution in [0, 0.1) is 0 Å². The molecule has 1 atom stereocenters. The van der Waals surface area contributed by atoms with Crippen molar-refractivity contribution in [1.82, 2.24) is 5.01 Å². The van der Waals surface area contributed by atoms with E-state index in [1.807, 2.05) is 36.4 Å². The standard InChI is InChI=1S/C20H15BrN2O3/c21-14-6-3-5-13(11-14)16-12-17(15-7-1-2-8-18(15)24)23(22-16)20(25)19-9-4-10-26-19/h1-11,17,24H,12H2/t17-/m1/s1. The first-order chi connectivity index (χ1) is 12.6. The molecule has 0 unspecified atom stereocenters. The average Bonchev–Trinajstić information content (AvgIpc) is 3.32. The van der Waals surface area contributed by atoms with Crippen LogP contribution in [0.3, 0.4) is 0 Å². The average molecular weight is 411 g/mol. The molecule has 0 fully saturated rings. The summed E-state index contributed by atoms with van der Waals surface area (Å²) in [5, 5.41) is 16.2. The summed E-state index contributed by atoms with van der Waals surface area (Å²) in [6.45, 7) is 0. The van der Waals surface area contributed by atoms with E-state index >= 15 is 0 Å². The normalized spacial score (nSPS) is 16.6. The number of halogens is 1. The number of nitrogens with zero attached hydrogens (tertiary/aromatic N) is 2. The van der Waals surface area contributed by atoms with Gasteiger partial charge in [0.05, 0.1) is 18.0 Å². The van der Waals surface area contributed by atoms with Crippen LogP contribution in [-0.4, -0.2) is 21.7 Å². The molecule has 1 aromatic heterocycles. The molecule has 3 aromatic rings. The number of furan rings is 1. The smallest absolute Gasteiger partial charge is 0.310 e. The van der Waals surface area contributed by atoms with Gasteiger partial charge in [0.15, 0.2) is 5.76 Å². The van der Waals surface area contributed by atoms with Crippen LogP contribution in [0.5, 0.6) is 5.75 Å². The summed E-state index contributed by atoms with van der Waals surface area (Å²) in [6.07, 6.45) is 1.96. The van der Waals surface area contributed by atoms with Crippen LogP contribution in [0.25, 0.3) is 0 Å². The lowest BCUT2D eigenvalue weighted by atomic mass is 9.97. The van der Waals surface area contributed by atoms with Gasteiger partial charge in [-0.2, -0.15) is 5.10 Å². The Kier molecular flexibility index (Phi) is 4.34. The zero-order valence-corrected chi connectivity index (χ0v) is 15.3. The summed E-state index contributed by atoms with van der Waals surface area (Å²) in [5.41, 5.74) is 2.36. The Bertz CT molecular complexity index is 982. The SMILES string of the molecule is O=C(c1ccco1)N1N=C(c2cccc(Br)c2)C[C@@H]1c1ccccc1O. The summed E-state index contributed by atoms with van der Waals surface area (Å²) in [5.74, 6) is 0.0124. The van der Waals surface area contributed by atoms with Crippen molar-refractivity contribution in [2.24, 2.45) is 5.10 Å². The molecule has 1 N–H and O–H groups in total. The quantitative estimate of drug-likeness (QED) is 0.677. The fourth-order valence-electron chi connectivity index (χ4n) is 3.06. The van der Waals surface area contributed by atoms with E-state index in [4.69, 9.17) is 4.42 Å². The molecule has 130 valence electrons. The van der Waals surface area contributed by atoms with E-state index in [1.54, 1.807) is 24.3 Å². The maximum atomic E-state index is 12.9. The summed E-state index contributed by atoms with van der Waals surface area (Å²) >= 11 is 3.47. The molecular weight excluding hydrogens is 396 g/mol. The summed E-state index contributed by atoms with van der Waals surface area (Å²) in [4.78, 5) is 12.9. The van der Waals surface area contributed by atoms with Gasteiger partial charge >= 0.3 is 5.91 Å². The number of hydrazone groups is 1. The van der Waals surface area contributed by atoms with Gasteiger partial charge in [-0.3, -0.25) is 4.79 Å². The van der Waals surface area contributed by atoms with Gasteiger partial charge in [-0.1, -0.05) is 46.3 Å². The first-order valence-corrected chi connectivity index (χ1v) is 8.91. The van der Waals surface area contributed by atoms with E-state index < -0.39 is 6.04 Å². The molecule has 0 saturated heterocycles. The second-order valence-electron chi connectivity index (χ2n) is 5.96. The summed E-state index contributed by atoms with van der Waals surface area (Å²) < 4.78 is 6.19. The number of hydrogen-bond donors (Lipinski definition) is 1. The van der Waals surface area contributed by atoms with Gasteiger partial charge < -0.3 is 9.52 Å². The monoisotopic (exact) mass is 410 g/mol. The van der Waals surface area contributed by atoms with Crippen molar-refractivity contribution in [2.75, 3.05) is 0 Å². The molecule has 1 aliphatic heterocycles. The van der Waals surface area contributed by atoms with Crippen molar-refractivity contribution in [3.8, 4) is 5.75 Å². The van der Waals surface area contributed by atoms with Gasteiger partial charge in [0.2, 0.25) is 0 Å². The Morgan fingerprint density at radius 1 is 1.15 bits per heavy atom. The Labute approximate surface area is 158 Å². The van der Waals surface area contributed by atoms with Gasteiger partial charge in [0.1, 0.15) is 5.75 Å². The zero-order valence-electron chi connectivity index (χ0n) is 13.7. The van der Waals surface area contributed by atoms with Crippen LogP contribution in [0.15, 0.2) is 80.9 Å². The molecule has 0 bridgehead atoms. The topological polar surface area (TPSA) is 66.0 Å². The Morgan fingerprint density at radius 2 is 2.00 bits per heavy atom. The highest BCUT2D eigenvalue weighted by molar-refractivity contribution is 9.10. The molecule has 0 radical (unpaired) electrons. The van der Waals surface area contributed by atoms with Crippen molar-refractivity contribution in [3.63, 3.8) is 0 Å². The van der Waals surface area contributed by atoms with Crippen LogP contribution >= 0.6 is 15.9 Å². The third-order valence-corrected chi connectivity index (χ3v) is 4.80. The number of carbonyl (C=O) groups is 1. The fraction of sp³-hybridized carbons (Fsp3) is 0.100.